The van der Waals surface area contributed by atoms with Crippen molar-refractivity contribution >= 4 is 11.7 Å². The van der Waals surface area contributed by atoms with Gasteiger partial charge in [-0.25, -0.2) is 0 Å². The predicted octanol–water partition coefficient (Wildman–Crippen LogP) is 2.73. The van der Waals surface area contributed by atoms with Gasteiger partial charge in [0.15, 0.2) is 5.69 Å². The summed E-state index contributed by atoms with van der Waals surface area (Å²) in [6.45, 7) is 4.70. The molecule has 1 unspecified atom stereocenters. The van der Waals surface area contributed by atoms with E-state index in [1.807, 2.05) is 37.3 Å². The summed E-state index contributed by atoms with van der Waals surface area (Å²) in [5, 5.41) is 11.4. The SMILES string of the molecule is CCN(Cc1ccccc1)C(=O)c1ccc(NCC2CCCO2)nn1. The van der Waals surface area contributed by atoms with Crippen molar-refractivity contribution in [3.05, 3.63) is 53.7 Å². The van der Waals surface area contributed by atoms with Crippen molar-refractivity contribution in [3.8, 4) is 0 Å². The zero-order valence-electron chi connectivity index (χ0n) is 14.5. The van der Waals surface area contributed by atoms with Crippen LogP contribution in [0.15, 0.2) is 42.5 Å². The van der Waals surface area contributed by atoms with Crippen molar-refractivity contribution in [2.45, 2.75) is 32.4 Å². The molecular weight excluding hydrogens is 316 g/mol. The van der Waals surface area contributed by atoms with Crippen molar-refractivity contribution in [2.24, 2.45) is 0 Å². The fourth-order valence-electron chi connectivity index (χ4n) is 2.86. The average Bonchev–Trinajstić information content (AvgIpc) is 3.19. The van der Waals surface area contributed by atoms with E-state index in [9.17, 15) is 4.79 Å². The Labute approximate surface area is 148 Å². The molecular formula is C19H24N4O2. The minimum atomic E-state index is -0.107. The molecule has 3 rings (SSSR count). The molecule has 1 fully saturated rings. The molecule has 1 aliphatic heterocycles. The Balaban J connectivity index is 1.58. The molecule has 1 saturated heterocycles. The first-order chi connectivity index (χ1) is 12.3. The largest absolute Gasteiger partial charge is 0.376 e. The third-order valence-electron chi connectivity index (χ3n) is 4.30. The second-order valence-corrected chi connectivity index (χ2v) is 6.12. The van der Waals surface area contributed by atoms with E-state index >= 15 is 0 Å². The number of carbonyl (C=O) groups excluding carboxylic acids is 1. The summed E-state index contributed by atoms with van der Waals surface area (Å²) in [5.74, 6) is 0.558. The number of rotatable bonds is 7. The maximum Gasteiger partial charge on any atom is 0.274 e. The molecule has 0 radical (unpaired) electrons. The van der Waals surface area contributed by atoms with E-state index in [-0.39, 0.29) is 12.0 Å². The van der Waals surface area contributed by atoms with Crippen LogP contribution in [-0.4, -0.2) is 46.8 Å². The molecule has 1 atom stereocenters. The Bertz CT molecular complexity index is 670. The minimum absolute atomic E-state index is 0.107. The first-order valence-corrected chi connectivity index (χ1v) is 8.78. The highest BCUT2D eigenvalue weighted by molar-refractivity contribution is 5.92. The Morgan fingerprint density at radius 1 is 1.24 bits per heavy atom. The second-order valence-electron chi connectivity index (χ2n) is 6.12. The van der Waals surface area contributed by atoms with Crippen LogP contribution in [0.25, 0.3) is 0 Å². The Morgan fingerprint density at radius 2 is 2.08 bits per heavy atom. The van der Waals surface area contributed by atoms with Gasteiger partial charge in [-0.1, -0.05) is 30.3 Å². The summed E-state index contributed by atoms with van der Waals surface area (Å²) < 4.78 is 5.57. The van der Waals surface area contributed by atoms with Crippen LogP contribution in [0.1, 0.15) is 35.8 Å². The molecule has 25 heavy (non-hydrogen) atoms. The highest BCUT2D eigenvalue weighted by Gasteiger charge is 2.17. The van der Waals surface area contributed by atoms with Gasteiger partial charge in [-0.2, -0.15) is 0 Å². The van der Waals surface area contributed by atoms with Gasteiger partial charge < -0.3 is 15.0 Å². The molecule has 2 heterocycles. The van der Waals surface area contributed by atoms with E-state index in [0.717, 1.165) is 31.6 Å². The van der Waals surface area contributed by atoms with E-state index < -0.39 is 0 Å². The number of amides is 1. The van der Waals surface area contributed by atoms with Crippen molar-refractivity contribution in [1.82, 2.24) is 15.1 Å². The van der Waals surface area contributed by atoms with Gasteiger partial charge in [0.25, 0.3) is 5.91 Å². The van der Waals surface area contributed by atoms with Gasteiger partial charge in [-0.3, -0.25) is 4.79 Å². The van der Waals surface area contributed by atoms with Gasteiger partial charge in [0.05, 0.1) is 6.10 Å². The number of carbonyl (C=O) groups is 1. The van der Waals surface area contributed by atoms with Crippen LogP contribution in [0, 0.1) is 0 Å². The third-order valence-corrected chi connectivity index (χ3v) is 4.30. The number of ether oxygens (including phenoxy) is 1. The molecule has 2 aromatic rings. The first kappa shape index (κ1) is 17.4. The van der Waals surface area contributed by atoms with E-state index in [4.69, 9.17) is 4.74 Å². The Morgan fingerprint density at radius 3 is 2.72 bits per heavy atom. The maximum atomic E-state index is 12.6. The summed E-state index contributed by atoms with van der Waals surface area (Å²) in [4.78, 5) is 14.4. The van der Waals surface area contributed by atoms with Crippen LogP contribution in [-0.2, 0) is 11.3 Å². The van der Waals surface area contributed by atoms with Gasteiger partial charge in [-0.15, -0.1) is 10.2 Å². The van der Waals surface area contributed by atoms with E-state index in [2.05, 4.69) is 15.5 Å². The summed E-state index contributed by atoms with van der Waals surface area (Å²) in [7, 11) is 0. The lowest BCUT2D eigenvalue weighted by molar-refractivity contribution is 0.0745. The number of hydrogen-bond acceptors (Lipinski definition) is 5. The van der Waals surface area contributed by atoms with Crippen LogP contribution < -0.4 is 5.32 Å². The van der Waals surface area contributed by atoms with Gasteiger partial charge in [0.1, 0.15) is 5.82 Å². The summed E-state index contributed by atoms with van der Waals surface area (Å²) in [6.07, 6.45) is 2.42. The average molecular weight is 340 g/mol. The topological polar surface area (TPSA) is 67.4 Å². The lowest BCUT2D eigenvalue weighted by Crippen LogP contribution is -2.31. The lowest BCUT2D eigenvalue weighted by atomic mass is 10.2. The number of hydrogen-bond donors (Lipinski definition) is 1. The smallest absolute Gasteiger partial charge is 0.274 e. The summed E-state index contributed by atoms with van der Waals surface area (Å²) in [6, 6.07) is 13.5. The standard InChI is InChI=1S/C19H24N4O2/c1-2-23(14-15-7-4-3-5-8-15)19(24)17-10-11-18(22-21-17)20-13-16-9-6-12-25-16/h3-5,7-8,10-11,16H,2,6,9,12-14H2,1H3,(H,20,22). The molecule has 132 valence electrons. The zero-order valence-corrected chi connectivity index (χ0v) is 14.5. The van der Waals surface area contributed by atoms with Gasteiger partial charge in [0.2, 0.25) is 0 Å². The number of anilines is 1. The third kappa shape index (κ3) is 4.76. The number of benzene rings is 1. The second kappa shape index (κ2) is 8.58. The molecule has 0 spiro atoms. The molecule has 0 bridgehead atoms. The number of nitrogens with one attached hydrogen (secondary N) is 1. The van der Waals surface area contributed by atoms with Crippen molar-refractivity contribution < 1.29 is 9.53 Å². The normalized spacial score (nSPS) is 16.6. The van der Waals surface area contributed by atoms with E-state index in [0.29, 0.717) is 24.6 Å². The fraction of sp³-hybridized carbons (Fsp3) is 0.421. The van der Waals surface area contributed by atoms with Crippen molar-refractivity contribution in [2.75, 3.05) is 25.0 Å². The molecule has 1 aromatic heterocycles. The lowest BCUT2D eigenvalue weighted by Gasteiger charge is -2.20. The van der Waals surface area contributed by atoms with Crippen LogP contribution >= 0.6 is 0 Å². The van der Waals surface area contributed by atoms with Crippen molar-refractivity contribution in [3.63, 3.8) is 0 Å². The van der Waals surface area contributed by atoms with E-state index in [1.54, 1.807) is 17.0 Å². The summed E-state index contributed by atoms with van der Waals surface area (Å²) in [5.41, 5.74) is 1.46. The van der Waals surface area contributed by atoms with Crippen LogP contribution in [0.4, 0.5) is 5.82 Å². The minimum Gasteiger partial charge on any atom is -0.376 e. The number of nitrogens with zero attached hydrogens (tertiary/aromatic N) is 3. The number of aromatic nitrogens is 2. The molecule has 0 aliphatic carbocycles. The van der Waals surface area contributed by atoms with Gasteiger partial charge in [-0.05, 0) is 37.5 Å². The van der Waals surface area contributed by atoms with Crippen molar-refractivity contribution in [1.29, 1.82) is 0 Å². The Kier molecular flexibility index (Phi) is 5.95. The molecule has 0 saturated carbocycles. The van der Waals surface area contributed by atoms with Crippen LogP contribution in [0.3, 0.4) is 0 Å². The highest BCUT2D eigenvalue weighted by Crippen LogP contribution is 2.13. The van der Waals surface area contributed by atoms with Gasteiger partial charge in [0, 0.05) is 26.2 Å². The molecule has 1 amide bonds. The molecule has 1 N–H and O–H groups in total. The maximum absolute atomic E-state index is 12.6. The molecule has 6 heteroatoms. The first-order valence-electron chi connectivity index (χ1n) is 8.78. The zero-order chi connectivity index (χ0) is 17.5. The summed E-state index contributed by atoms with van der Waals surface area (Å²) >= 11 is 0. The molecule has 6 nitrogen and oxygen atoms in total. The quantitative estimate of drug-likeness (QED) is 0.839. The fourth-order valence-corrected chi connectivity index (χ4v) is 2.86. The van der Waals surface area contributed by atoms with Crippen LogP contribution in [0.5, 0.6) is 0 Å². The monoisotopic (exact) mass is 340 g/mol. The predicted molar refractivity (Wildman–Crippen MR) is 96.4 cm³/mol. The highest BCUT2D eigenvalue weighted by atomic mass is 16.5. The van der Waals surface area contributed by atoms with Crippen LogP contribution in [0.2, 0.25) is 0 Å². The van der Waals surface area contributed by atoms with Gasteiger partial charge >= 0.3 is 0 Å². The Hall–Kier alpha value is -2.47. The molecule has 1 aromatic carbocycles. The van der Waals surface area contributed by atoms with E-state index in [1.165, 1.54) is 0 Å². The molecule has 1 aliphatic rings.